The number of ether oxygens (including phenoxy) is 1. The van der Waals surface area contributed by atoms with E-state index in [2.05, 4.69) is 31.9 Å². The molecule has 0 aliphatic heterocycles. The van der Waals surface area contributed by atoms with Crippen molar-refractivity contribution in [1.29, 1.82) is 0 Å². The van der Waals surface area contributed by atoms with E-state index >= 15 is 0 Å². The number of halogens is 5. The Balaban J connectivity index is 0.000000258. The van der Waals surface area contributed by atoms with Crippen LogP contribution < -0.4 is 4.74 Å². The largest absolute Gasteiger partial charge is 0.454 e. The highest BCUT2D eigenvalue weighted by molar-refractivity contribution is 9.10. The van der Waals surface area contributed by atoms with Gasteiger partial charge in [0, 0.05) is 26.1 Å². The second-order valence-corrected chi connectivity index (χ2v) is 7.98. The van der Waals surface area contributed by atoms with Gasteiger partial charge < -0.3 is 4.74 Å². The Morgan fingerprint density at radius 1 is 0.781 bits per heavy atom. The molecule has 0 aromatic heterocycles. The first-order valence-corrected chi connectivity index (χ1v) is 10.2. The van der Waals surface area contributed by atoms with Crippen LogP contribution in [0.3, 0.4) is 0 Å². The zero-order valence-corrected chi connectivity index (χ0v) is 19.5. The van der Waals surface area contributed by atoms with Crippen molar-refractivity contribution in [2.24, 2.45) is 0 Å². The normalized spacial score (nSPS) is 10.2. The minimum absolute atomic E-state index is 0.0830. The van der Waals surface area contributed by atoms with Gasteiger partial charge in [-0.05, 0) is 38.1 Å². The van der Waals surface area contributed by atoms with Crippen LogP contribution in [0.1, 0.15) is 11.1 Å². The van der Waals surface area contributed by atoms with Crippen molar-refractivity contribution >= 4 is 43.2 Å². The van der Waals surface area contributed by atoms with Gasteiger partial charge in [0.1, 0.15) is 17.4 Å². The summed E-state index contributed by atoms with van der Waals surface area (Å²) in [6.07, 6.45) is 0. The summed E-state index contributed by atoms with van der Waals surface area (Å²) in [4.78, 5) is 20.1. The third kappa shape index (κ3) is 6.26. The van der Waals surface area contributed by atoms with Gasteiger partial charge in [0.15, 0.2) is 11.6 Å². The van der Waals surface area contributed by atoms with E-state index in [1.165, 1.54) is 18.2 Å². The van der Waals surface area contributed by atoms with Crippen LogP contribution in [0.2, 0.25) is 0 Å². The fourth-order valence-corrected chi connectivity index (χ4v) is 3.25. The lowest BCUT2D eigenvalue weighted by molar-refractivity contribution is -0.385. The third-order valence-electron chi connectivity index (χ3n) is 4.09. The summed E-state index contributed by atoms with van der Waals surface area (Å²) < 4.78 is 45.0. The lowest BCUT2D eigenvalue weighted by atomic mass is 10.2. The second-order valence-electron chi connectivity index (χ2n) is 6.27. The maximum absolute atomic E-state index is 13.5. The third-order valence-corrected chi connectivity index (χ3v) is 5.73. The van der Waals surface area contributed by atoms with Gasteiger partial charge in [-0.1, -0.05) is 31.9 Å². The molecule has 0 spiro atoms. The fraction of sp³-hybridized carbons (Fsp3) is 0.100. The molecule has 0 N–H and O–H groups in total. The Labute approximate surface area is 196 Å². The summed E-state index contributed by atoms with van der Waals surface area (Å²) in [5.41, 5.74) is 0.502. The molecule has 0 atom stereocenters. The maximum atomic E-state index is 13.5. The lowest BCUT2D eigenvalue weighted by Crippen LogP contribution is -1.95. The van der Waals surface area contributed by atoms with Crippen LogP contribution in [-0.4, -0.2) is 9.85 Å². The number of nitro benzene ring substituents is 2. The molecule has 0 radical (unpaired) electrons. The second kappa shape index (κ2) is 10.6. The van der Waals surface area contributed by atoms with E-state index in [0.717, 1.165) is 18.2 Å². The molecule has 12 heteroatoms. The van der Waals surface area contributed by atoms with Crippen LogP contribution in [-0.2, 0) is 0 Å². The van der Waals surface area contributed by atoms with E-state index in [1.807, 2.05) is 0 Å². The molecule has 0 amide bonds. The van der Waals surface area contributed by atoms with E-state index in [9.17, 15) is 33.4 Å². The Kier molecular flexibility index (Phi) is 8.33. The van der Waals surface area contributed by atoms with Gasteiger partial charge in [-0.15, -0.1) is 0 Å². The molecule has 3 aromatic rings. The molecule has 7 nitrogen and oxygen atoms in total. The zero-order chi connectivity index (χ0) is 24.2. The van der Waals surface area contributed by atoms with Gasteiger partial charge >= 0.3 is 0 Å². The molecule has 168 valence electrons. The highest BCUT2D eigenvalue weighted by atomic mass is 79.9. The number of nitro groups is 2. The maximum Gasteiger partial charge on any atom is 0.277 e. The quantitative estimate of drug-likeness (QED) is 0.236. The minimum Gasteiger partial charge on any atom is -0.454 e. The molecular formula is C20H13Br2F3N2O5. The molecule has 0 bridgehead atoms. The molecule has 0 saturated heterocycles. The summed E-state index contributed by atoms with van der Waals surface area (Å²) in [7, 11) is 0. The van der Waals surface area contributed by atoms with E-state index in [0.29, 0.717) is 26.1 Å². The number of rotatable bonds is 4. The van der Waals surface area contributed by atoms with Crippen LogP contribution in [0.15, 0.2) is 51.4 Å². The first kappa shape index (κ1) is 25.3. The lowest BCUT2D eigenvalue weighted by Gasteiger charge is -2.08. The standard InChI is InChI=1S/C13H8BrF2NO3.C7H5BrFNO2/c1-7-10(14)5-9(6-12(7)17(18)19)20-13-3-2-8(15)4-11(13)16;1-4-6(8)2-5(9)3-7(4)10(11)12/h2-6H,1H3;2-3H,1H3. The number of hydrogen-bond acceptors (Lipinski definition) is 5. The molecule has 0 aliphatic carbocycles. The van der Waals surface area contributed by atoms with Gasteiger partial charge in [0.2, 0.25) is 0 Å². The van der Waals surface area contributed by atoms with Crippen LogP contribution in [0.5, 0.6) is 11.5 Å². The monoisotopic (exact) mass is 576 g/mol. The number of nitrogens with zero attached hydrogens (tertiary/aromatic N) is 2. The van der Waals surface area contributed by atoms with Gasteiger partial charge in [0.05, 0.1) is 22.0 Å². The van der Waals surface area contributed by atoms with Crippen LogP contribution in [0.25, 0.3) is 0 Å². The van der Waals surface area contributed by atoms with Crippen LogP contribution in [0, 0.1) is 51.5 Å². The van der Waals surface area contributed by atoms with Crippen molar-refractivity contribution in [3.63, 3.8) is 0 Å². The first-order valence-electron chi connectivity index (χ1n) is 8.58. The van der Waals surface area contributed by atoms with Crippen molar-refractivity contribution in [3.8, 4) is 11.5 Å². The summed E-state index contributed by atoms with van der Waals surface area (Å²) in [6, 6.07) is 7.59. The molecule has 0 unspecified atom stereocenters. The average Bonchev–Trinajstić information content (AvgIpc) is 2.69. The molecule has 3 aromatic carbocycles. The predicted molar refractivity (Wildman–Crippen MR) is 117 cm³/mol. The predicted octanol–water partition coefficient (Wildman–Crippen LogP) is 7.54. The van der Waals surface area contributed by atoms with Gasteiger partial charge in [-0.25, -0.2) is 13.2 Å². The average molecular weight is 578 g/mol. The summed E-state index contributed by atoms with van der Waals surface area (Å²) in [6.45, 7) is 3.13. The van der Waals surface area contributed by atoms with Crippen LogP contribution in [0.4, 0.5) is 24.5 Å². The minimum atomic E-state index is -0.885. The molecule has 0 saturated carbocycles. The summed E-state index contributed by atoms with van der Waals surface area (Å²) in [5.74, 6) is -2.36. The zero-order valence-electron chi connectivity index (χ0n) is 16.4. The SMILES string of the molecule is Cc1c(Br)cc(F)cc1[N+](=O)[O-].Cc1c(Br)cc(Oc2ccc(F)cc2F)cc1[N+](=O)[O-]. The highest BCUT2D eigenvalue weighted by Gasteiger charge is 2.17. The number of hydrogen-bond donors (Lipinski definition) is 0. The van der Waals surface area contributed by atoms with Crippen molar-refractivity contribution in [2.45, 2.75) is 13.8 Å². The van der Waals surface area contributed by atoms with E-state index < -0.39 is 27.3 Å². The van der Waals surface area contributed by atoms with Crippen molar-refractivity contribution in [1.82, 2.24) is 0 Å². The molecule has 0 aliphatic rings. The van der Waals surface area contributed by atoms with Gasteiger partial charge in [0.25, 0.3) is 11.4 Å². The smallest absolute Gasteiger partial charge is 0.277 e. The van der Waals surface area contributed by atoms with Gasteiger partial charge in [-0.3, -0.25) is 20.2 Å². The van der Waals surface area contributed by atoms with E-state index in [4.69, 9.17) is 4.74 Å². The molecule has 0 heterocycles. The van der Waals surface area contributed by atoms with Crippen LogP contribution >= 0.6 is 31.9 Å². The topological polar surface area (TPSA) is 95.5 Å². The summed E-state index contributed by atoms with van der Waals surface area (Å²) in [5, 5.41) is 21.2. The van der Waals surface area contributed by atoms with E-state index in [1.54, 1.807) is 13.8 Å². The van der Waals surface area contributed by atoms with E-state index in [-0.39, 0.29) is 22.9 Å². The molecule has 32 heavy (non-hydrogen) atoms. The van der Waals surface area contributed by atoms with Crippen molar-refractivity contribution in [3.05, 3.63) is 100 Å². The highest BCUT2D eigenvalue weighted by Crippen LogP contribution is 2.34. The Morgan fingerprint density at radius 2 is 1.31 bits per heavy atom. The Bertz CT molecular complexity index is 1210. The fourth-order valence-electron chi connectivity index (χ4n) is 2.40. The van der Waals surface area contributed by atoms with Crippen molar-refractivity contribution in [2.75, 3.05) is 0 Å². The Hall–Kier alpha value is -2.99. The number of benzene rings is 3. The Morgan fingerprint density at radius 3 is 1.84 bits per heavy atom. The molecule has 3 rings (SSSR count). The van der Waals surface area contributed by atoms with Crippen molar-refractivity contribution < 1.29 is 27.8 Å². The molecular weight excluding hydrogens is 565 g/mol. The summed E-state index contributed by atoms with van der Waals surface area (Å²) >= 11 is 6.19. The first-order chi connectivity index (χ1) is 14.9. The van der Waals surface area contributed by atoms with Gasteiger partial charge in [-0.2, -0.15) is 0 Å². The molecule has 0 fully saturated rings.